The molecular weight excluding hydrogens is 496 g/mol. The molecule has 2 atom stereocenters. The Kier molecular flexibility index (Phi) is 8.99. The number of nitrogens with zero attached hydrogens (tertiary/aromatic N) is 1. The van der Waals surface area contributed by atoms with Crippen LogP contribution in [0.5, 0.6) is 11.5 Å². The van der Waals surface area contributed by atoms with E-state index in [2.05, 4.69) is 5.32 Å². The Hall–Kier alpha value is -5.37. The van der Waals surface area contributed by atoms with Crippen molar-refractivity contribution in [2.24, 2.45) is 0 Å². The summed E-state index contributed by atoms with van der Waals surface area (Å²) in [7, 11) is 2.76. The van der Waals surface area contributed by atoms with Crippen molar-refractivity contribution in [2.75, 3.05) is 19.5 Å². The van der Waals surface area contributed by atoms with Gasteiger partial charge in [0.25, 0.3) is 5.91 Å². The summed E-state index contributed by atoms with van der Waals surface area (Å²) in [6.07, 6.45) is -4.40. The fourth-order valence-electron chi connectivity index (χ4n) is 3.25. The van der Waals surface area contributed by atoms with Crippen molar-refractivity contribution in [1.29, 1.82) is 5.26 Å². The van der Waals surface area contributed by atoms with Crippen molar-refractivity contribution in [2.45, 2.75) is 12.2 Å². The van der Waals surface area contributed by atoms with Crippen LogP contribution in [0.25, 0.3) is 0 Å². The van der Waals surface area contributed by atoms with E-state index in [4.69, 9.17) is 18.9 Å². The van der Waals surface area contributed by atoms with Gasteiger partial charge in [0.05, 0.1) is 36.6 Å². The van der Waals surface area contributed by atoms with Gasteiger partial charge in [-0.05, 0) is 48.5 Å². The number of para-hydroxylation sites is 1. The van der Waals surface area contributed by atoms with E-state index in [-0.39, 0.29) is 22.4 Å². The fraction of sp³-hybridized carbons (Fsp3) is 0.148. The number of ether oxygens (including phenoxy) is 4. The van der Waals surface area contributed by atoms with Gasteiger partial charge in [0.2, 0.25) is 12.2 Å². The van der Waals surface area contributed by atoms with Gasteiger partial charge < -0.3 is 29.4 Å². The minimum absolute atomic E-state index is 0.0330. The number of rotatable bonds is 10. The van der Waals surface area contributed by atoms with E-state index in [9.17, 15) is 29.5 Å². The van der Waals surface area contributed by atoms with E-state index >= 15 is 0 Å². The van der Waals surface area contributed by atoms with Crippen molar-refractivity contribution in [3.63, 3.8) is 0 Å². The second-order valence-corrected chi connectivity index (χ2v) is 7.60. The molecule has 1 amide bonds. The van der Waals surface area contributed by atoms with E-state index in [0.717, 1.165) is 0 Å². The number of benzene rings is 3. The Morgan fingerprint density at radius 1 is 0.789 bits per heavy atom. The van der Waals surface area contributed by atoms with Crippen LogP contribution in [0.1, 0.15) is 26.3 Å². The molecule has 0 saturated carbocycles. The maximum Gasteiger partial charge on any atom is 0.349 e. The third-order valence-electron chi connectivity index (χ3n) is 5.16. The highest BCUT2D eigenvalue weighted by Crippen LogP contribution is 2.20. The average Bonchev–Trinajstić information content (AvgIpc) is 2.94. The molecule has 0 heterocycles. The number of anilines is 1. The number of aliphatic carboxylic acids is 1. The Balaban J connectivity index is 1.96. The minimum Gasteiger partial charge on any atom is -0.497 e. The molecule has 0 aliphatic carbocycles. The summed E-state index contributed by atoms with van der Waals surface area (Å²) in [4.78, 5) is 51.1. The highest BCUT2D eigenvalue weighted by atomic mass is 16.6. The first-order valence-electron chi connectivity index (χ1n) is 11.0. The number of carbonyl (C=O) groups excluding carboxylic acids is 3. The summed E-state index contributed by atoms with van der Waals surface area (Å²) >= 11 is 0. The number of methoxy groups -OCH3 is 2. The highest BCUT2D eigenvalue weighted by molar-refractivity contribution is 6.02. The second kappa shape index (κ2) is 12.5. The number of hydrogen-bond acceptors (Lipinski definition) is 9. The molecule has 0 aliphatic heterocycles. The molecule has 0 aliphatic rings. The number of hydrogen-bond donors (Lipinski definition) is 2. The largest absolute Gasteiger partial charge is 0.497 e. The standard InChI is InChI=1S/C27H22N2O9/c1-35-19-10-5-8-16(13-19)26(33)37-22(24(30)29-21-12-4-3-7-18(21)15-28)23(25(31)32)38-27(34)17-9-6-11-20(14-17)36-2/h3-14,22-23H,1-2H3,(H,29,30)(H,31,32)/t22-,23+/m0/s1. The molecule has 2 N–H and O–H groups in total. The number of amides is 1. The molecule has 0 bridgehead atoms. The molecule has 0 radical (unpaired) electrons. The minimum atomic E-state index is -2.25. The molecule has 194 valence electrons. The molecule has 0 fully saturated rings. The molecule has 11 heteroatoms. The van der Waals surface area contributed by atoms with E-state index < -0.39 is 36.0 Å². The number of carboxylic acid groups (broad SMARTS) is 1. The van der Waals surface area contributed by atoms with Crippen LogP contribution in [-0.2, 0) is 19.1 Å². The zero-order valence-electron chi connectivity index (χ0n) is 20.2. The molecule has 0 saturated heterocycles. The first-order chi connectivity index (χ1) is 18.3. The fourth-order valence-corrected chi connectivity index (χ4v) is 3.25. The normalized spacial score (nSPS) is 11.7. The van der Waals surface area contributed by atoms with Gasteiger partial charge in [-0.1, -0.05) is 24.3 Å². The van der Waals surface area contributed by atoms with Crippen LogP contribution < -0.4 is 14.8 Å². The zero-order chi connectivity index (χ0) is 27.7. The van der Waals surface area contributed by atoms with Gasteiger partial charge in [-0.25, -0.2) is 14.4 Å². The van der Waals surface area contributed by atoms with Gasteiger partial charge in [-0.15, -0.1) is 0 Å². The summed E-state index contributed by atoms with van der Waals surface area (Å²) in [6.45, 7) is 0. The SMILES string of the molecule is COc1cccc(C(=O)O[C@H](C(=O)Nc2ccccc2C#N)[C@@H](OC(=O)c2cccc(OC)c2)C(=O)O)c1. The van der Waals surface area contributed by atoms with Crippen molar-refractivity contribution < 1.29 is 43.2 Å². The highest BCUT2D eigenvalue weighted by Gasteiger charge is 2.41. The lowest BCUT2D eigenvalue weighted by Gasteiger charge is -2.24. The Morgan fingerprint density at radius 2 is 1.32 bits per heavy atom. The van der Waals surface area contributed by atoms with Crippen molar-refractivity contribution in [1.82, 2.24) is 0 Å². The van der Waals surface area contributed by atoms with Crippen LogP contribution in [0, 0.1) is 11.3 Å². The average molecular weight is 518 g/mol. The lowest BCUT2D eigenvalue weighted by molar-refractivity contribution is -0.157. The van der Waals surface area contributed by atoms with Gasteiger partial charge in [0, 0.05) is 0 Å². The molecule has 11 nitrogen and oxygen atoms in total. The van der Waals surface area contributed by atoms with Crippen LogP contribution in [0.15, 0.2) is 72.8 Å². The maximum atomic E-state index is 13.2. The molecule has 38 heavy (non-hydrogen) atoms. The van der Waals surface area contributed by atoms with Gasteiger partial charge >= 0.3 is 17.9 Å². The first-order valence-corrected chi connectivity index (χ1v) is 11.0. The third-order valence-corrected chi connectivity index (χ3v) is 5.16. The molecule has 3 aromatic carbocycles. The lowest BCUT2D eigenvalue weighted by Crippen LogP contribution is -2.48. The van der Waals surface area contributed by atoms with Crippen molar-refractivity contribution in [3.05, 3.63) is 89.5 Å². The van der Waals surface area contributed by atoms with Crippen LogP contribution in [0.3, 0.4) is 0 Å². The summed E-state index contributed by atoms with van der Waals surface area (Å²) in [5, 5.41) is 21.6. The summed E-state index contributed by atoms with van der Waals surface area (Å²) in [5.74, 6) is -4.48. The van der Waals surface area contributed by atoms with E-state index in [1.165, 1.54) is 68.8 Å². The molecule has 0 spiro atoms. The van der Waals surface area contributed by atoms with Gasteiger partial charge in [-0.3, -0.25) is 4.79 Å². The van der Waals surface area contributed by atoms with Crippen LogP contribution >= 0.6 is 0 Å². The summed E-state index contributed by atoms with van der Waals surface area (Å²) in [5.41, 5.74) is -0.0174. The first kappa shape index (κ1) is 27.2. The molecule has 3 aromatic rings. The van der Waals surface area contributed by atoms with Crippen LogP contribution in [0.4, 0.5) is 5.69 Å². The van der Waals surface area contributed by atoms with Gasteiger partial charge in [0.15, 0.2) is 0 Å². The zero-order valence-corrected chi connectivity index (χ0v) is 20.2. The third kappa shape index (κ3) is 6.64. The predicted octanol–water partition coefficient (Wildman–Crippen LogP) is 3.05. The number of carboxylic acids is 1. The van der Waals surface area contributed by atoms with E-state index in [1.807, 2.05) is 6.07 Å². The van der Waals surface area contributed by atoms with Gasteiger partial charge in [0.1, 0.15) is 17.6 Å². The molecule has 3 rings (SSSR count). The predicted molar refractivity (Wildman–Crippen MR) is 132 cm³/mol. The molecule has 0 unspecified atom stereocenters. The number of esters is 2. The monoisotopic (exact) mass is 518 g/mol. The number of nitriles is 1. The topological polar surface area (TPSA) is 161 Å². The molecular formula is C27H22N2O9. The van der Waals surface area contributed by atoms with E-state index in [1.54, 1.807) is 18.2 Å². The van der Waals surface area contributed by atoms with Crippen molar-refractivity contribution in [3.8, 4) is 17.6 Å². The van der Waals surface area contributed by atoms with Crippen LogP contribution in [0.2, 0.25) is 0 Å². The summed E-state index contributed by atoms with van der Waals surface area (Å²) < 4.78 is 20.5. The Morgan fingerprint density at radius 3 is 1.82 bits per heavy atom. The molecule has 0 aromatic heterocycles. The number of carbonyl (C=O) groups is 4. The smallest absolute Gasteiger partial charge is 0.349 e. The number of nitrogens with one attached hydrogen (secondary N) is 1. The lowest BCUT2D eigenvalue weighted by atomic mass is 10.1. The Labute approximate surface area is 217 Å². The maximum absolute atomic E-state index is 13.2. The van der Waals surface area contributed by atoms with Crippen molar-refractivity contribution >= 4 is 29.5 Å². The van der Waals surface area contributed by atoms with Gasteiger partial charge in [-0.2, -0.15) is 5.26 Å². The summed E-state index contributed by atoms with van der Waals surface area (Å²) in [6, 6.07) is 19.2. The van der Waals surface area contributed by atoms with E-state index in [0.29, 0.717) is 11.5 Å². The quantitative estimate of drug-likeness (QED) is 0.382. The van der Waals surface area contributed by atoms with Crippen LogP contribution in [-0.4, -0.2) is 55.3 Å². The Bertz CT molecular complexity index is 1400. The second-order valence-electron chi connectivity index (χ2n) is 7.60.